The lowest BCUT2D eigenvalue weighted by atomic mass is 10.4. The zero-order chi connectivity index (χ0) is 8.97. The van der Waals surface area contributed by atoms with Crippen LogP contribution in [0, 0.1) is 0 Å². The van der Waals surface area contributed by atoms with Crippen molar-refractivity contribution in [3.8, 4) is 0 Å². The molecule has 0 unspecified atom stereocenters. The molecule has 0 spiro atoms. The van der Waals surface area contributed by atoms with Gasteiger partial charge in [0.25, 0.3) is 5.24 Å². The molecule has 0 aliphatic rings. The maximum Gasteiger partial charge on any atom is 0.277 e. The molecule has 1 heterocycles. The highest BCUT2D eigenvalue weighted by atomic mass is 35.5. The minimum atomic E-state index is -0.714. The van der Waals surface area contributed by atoms with Crippen LogP contribution >= 0.6 is 22.9 Å². The first kappa shape index (κ1) is 9.08. The Balaban J connectivity index is 2.96. The number of carbonyl (C=O) groups excluding carboxylic acids is 1. The molecular weight excluding hydrogens is 202 g/mol. The molecule has 0 saturated heterocycles. The highest BCUT2D eigenvalue weighted by Gasteiger charge is 2.15. The summed E-state index contributed by atoms with van der Waals surface area (Å²) >= 11 is 6.36. The van der Waals surface area contributed by atoms with Crippen molar-refractivity contribution < 1.29 is 9.63 Å². The number of halogens is 1. The third-order valence-electron chi connectivity index (χ3n) is 0.931. The van der Waals surface area contributed by atoms with Crippen molar-refractivity contribution in [2.24, 2.45) is 5.16 Å². The zero-order valence-electron chi connectivity index (χ0n) is 6.02. The van der Waals surface area contributed by atoms with E-state index in [1.807, 2.05) is 0 Å². The average Bonchev–Trinajstić information content (AvgIpc) is 2.51. The van der Waals surface area contributed by atoms with Gasteiger partial charge in [-0.15, -0.1) is 10.2 Å². The second kappa shape index (κ2) is 4.13. The lowest BCUT2D eigenvalue weighted by Gasteiger charge is -1.92. The summed E-state index contributed by atoms with van der Waals surface area (Å²) in [6.45, 7) is 0. The second-order valence-corrected chi connectivity index (χ2v) is 2.82. The maximum atomic E-state index is 10.7. The van der Waals surface area contributed by atoms with Gasteiger partial charge in [-0.2, -0.15) is 0 Å². The summed E-state index contributed by atoms with van der Waals surface area (Å²) in [5.74, 6) is 0. The van der Waals surface area contributed by atoms with Gasteiger partial charge in [-0.1, -0.05) is 16.5 Å². The number of rotatable bonds is 3. The minimum Gasteiger partial charge on any atom is -0.398 e. The van der Waals surface area contributed by atoms with Gasteiger partial charge in [0.05, 0.1) is 0 Å². The molecule has 0 aromatic carbocycles. The Kier molecular flexibility index (Phi) is 3.12. The predicted octanol–water partition coefficient (Wildman–Crippen LogP) is 0.654. The van der Waals surface area contributed by atoms with Crippen LogP contribution in [0.5, 0.6) is 0 Å². The summed E-state index contributed by atoms with van der Waals surface area (Å²) in [6, 6.07) is 0. The number of nitrogens with zero attached hydrogens (tertiary/aromatic N) is 3. The second-order valence-electron chi connectivity index (χ2n) is 1.64. The Morgan fingerprint density at radius 1 is 1.83 bits per heavy atom. The average molecular weight is 206 g/mol. The van der Waals surface area contributed by atoms with Crippen LogP contribution in [0.15, 0.2) is 10.7 Å². The molecule has 5 nitrogen and oxygen atoms in total. The van der Waals surface area contributed by atoms with E-state index >= 15 is 0 Å². The highest BCUT2D eigenvalue weighted by molar-refractivity contribution is 7.13. The highest BCUT2D eigenvalue weighted by Crippen LogP contribution is 2.06. The topological polar surface area (TPSA) is 64.4 Å². The van der Waals surface area contributed by atoms with Gasteiger partial charge in [-0.25, -0.2) is 0 Å². The van der Waals surface area contributed by atoms with E-state index in [2.05, 4.69) is 20.2 Å². The van der Waals surface area contributed by atoms with Crippen molar-refractivity contribution in [3.63, 3.8) is 0 Å². The Hall–Kier alpha value is -1.01. The lowest BCUT2D eigenvalue weighted by molar-refractivity contribution is -0.106. The summed E-state index contributed by atoms with van der Waals surface area (Å²) in [4.78, 5) is 15.1. The van der Waals surface area contributed by atoms with Crippen LogP contribution in [0.25, 0.3) is 0 Å². The molecule has 12 heavy (non-hydrogen) atoms. The zero-order valence-corrected chi connectivity index (χ0v) is 7.59. The van der Waals surface area contributed by atoms with Gasteiger partial charge in [0.1, 0.15) is 12.6 Å². The Morgan fingerprint density at radius 3 is 3.00 bits per heavy atom. The third kappa shape index (κ3) is 1.99. The van der Waals surface area contributed by atoms with Gasteiger partial charge in [-0.05, 0) is 11.6 Å². The molecule has 0 saturated carbocycles. The quantitative estimate of drug-likeness (QED) is 0.413. The summed E-state index contributed by atoms with van der Waals surface area (Å²) in [5.41, 5.74) is 1.45. The Morgan fingerprint density at radius 2 is 2.58 bits per heavy atom. The van der Waals surface area contributed by atoms with E-state index in [4.69, 9.17) is 11.6 Å². The van der Waals surface area contributed by atoms with Crippen LogP contribution < -0.4 is 0 Å². The van der Waals surface area contributed by atoms with Gasteiger partial charge in [-0.3, -0.25) is 4.79 Å². The molecule has 0 fully saturated rings. The van der Waals surface area contributed by atoms with E-state index in [0.717, 1.165) is 11.3 Å². The third-order valence-corrected chi connectivity index (χ3v) is 1.81. The molecule has 0 radical (unpaired) electrons. The summed E-state index contributed by atoms with van der Waals surface area (Å²) in [7, 11) is 1.32. The molecule has 0 atom stereocenters. The number of carbonyl (C=O) groups is 1. The molecule has 64 valence electrons. The first-order chi connectivity index (χ1) is 5.75. The molecule has 0 N–H and O–H groups in total. The number of hydrogen-bond acceptors (Lipinski definition) is 6. The van der Waals surface area contributed by atoms with E-state index in [9.17, 15) is 4.79 Å². The van der Waals surface area contributed by atoms with Crippen LogP contribution in [-0.2, 0) is 9.63 Å². The van der Waals surface area contributed by atoms with Gasteiger partial charge >= 0.3 is 0 Å². The molecular formula is C5H4ClN3O2S. The smallest absolute Gasteiger partial charge is 0.277 e. The standard InChI is InChI=1S/C5H4ClN3O2S/c1-11-9-3(4(6)10)5-8-7-2-12-5/h2H,1H3/b9-3+. The molecule has 0 amide bonds. The van der Waals surface area contributed by atoms with E-state index in [0.29, 0.717) is 5.01 Å². The van der Waals surface area contributed by atoms with Crippen molar-refractivity contribution in [1.29, 1.82) is 0 Å². The normalized spacial score (nSPS) is 11.3. The molecule has 0 bridgehead atoms. The summed E-state index contributed by atoms with van der Waals surface area (Å²) in [5, 5.41) is 10.2. The first-order valence-electron chi connectivity index (χ1n) is 2.83. The van der Waals surface area contributed by atoms with Gasteiger partial charge < -0.3 is 4.84 Å². The van der Waals surface area contributed by atoms with Crippen molar-refractivity contribution in [3.05, 3.63) is 10.5 Å². The lowest BCUT2D eigenvalue weighted by Crippen LogP contribution is -2.09. The largest absolute Gasteiger partial charge is 0.398 e. The SMILES string of the molecule is CO/N=C(\C(=O)Cl)c1nncs1. The predicted molar refractivity (Wildman–Crippen MR) is 44.3 cm³/mol. The number of hydrogen-bond donors (Lipinski definition) is 0. The van der Waals surface area contributed by atoms with Crippen LogP contribution in [0.2, 0.25) is 0 Å². The summed E-state index contributed by atoms with van der Waals surface area (Å²) < 4.78 is 0. The van der Waals surface area contributed by atoms with Crippen molar-refractivity contribution >= 4 is 33.9 Å². The number of aromatic nitrogens is 2. The molecule has 1 aromatic heterocycles. The Labute approximate surface area is 77.0 Å². The van der Waals surface area contributed by atoms with Crippen LogP contribution in [0.3, 0.4) is 0 Å². The first-order valence-corrected chi connectivity index (χ1v) is 4.09. The van der Waals surface area contributed by atoms with Crippen LogP contribution in [-0.4, -0.2) is 28.3 Å². The van der Waals surface area contributed by atoms with Crippen molar-refractivity contribution in [2.45, 2.75) is 0 Å². The fourth-order valence-electron chi connectivity index (χ4n) is 0.527. The van der Waals surface area contributed by atoms with E-state index < -0.39 is 5.24 Å². The van der Waals surface area contributed by atoms with Crippen LogP contribution in [0.4, 0.5) is 0 Å². The summed E-state index contributed by atoms with van der Waals surface area (Å²) in [6.07, 6.45) is 0. The van der Waals surface area contributed by atoms with Gasteiger partial charge in [0, 0.05) is 0 Å². The van der Waals surface area contributed by atoms with Crippen molar-refractivity contribution in [2.75, 3.05) is 7.11 Å². The molecule has 0 aliphatic heterocycles. The minimum absolute atomic E-state index is 0.0262. The molecule has 0 aliphatic carbocycles. The van der Waals surface area contributed by atoms with Gasteiger partial charge in [0.2, 0.25) is 0 Å². The molecule has 1 rings (SSSR count). The van der Waals surface area contributed by atoms with E-state index in [1.165, 1.54) is 12.6 Å². The number of oxime groups is 1. The maximum absolute atomic E-state index is 10.7. The molecule has 7 heteroatoms. The van der Waals surface area contributed by atoms with Crippen molar-refractivity contribution in [1.82, 2.24) is 10.2 Å². The van der Waals surface area contributed by atoms with E-state index in [1.54, 1.807) is 0 Å². The van der Waals surface area contributed by atoms with Crippen LogP contribution in [0.1, 0.15) is 5.01 Å². The van der Waals surface area contributed by atoms with Gasteiger partial charge in [0.15, 0.2) is 10.7 Å². The fourth-order valence-corrected chi connectivity index (χ4v) is 1.24. The molecule has 1 aromatic rings. The van der Waals surface area contributed by atoms with E-state index in [-0.39, 0.29) is 5.71 Å². The Bertz CT molecular complexity index is 298. The fraction of sp³-hybridized carbons (Fsp3) is 0.200. The monoisotopic (exact) mass is 205 g/mol.